The average molecular weight is 512 g/mol. The third kappa shape index (κ3) is 6.05. The summed E-state index contributed by atoms with van der Waals surface area (Å²) in [6, 6.07) is 6.66. The molecule has 0 bridgehead atoms. The molecule has 1 aliphatic heterocycles. The van der Waals surface area contributed by atoms with Gasteiger partial charge in [0.2, 0.25) is 5.91 Å². The topological polar surface area (TPSA) is 118 Å². The summed E-state index contributed by atoms with van der Waals surface area (Å²) in [5.41, 5.74) is -0.592. The second-order valence-electron chi connectivity index (χ2n) is 8.80. The summed E-state index contributed by atoms with van der Waals surface area (Å²) < 4.78 is 45.7. The molecule has 1 fully saturated rings. The zero-order valence-electron chi connectivity index (χ0n) is 20.1. The Bertz CT molecular complexity index is 1270. The number of nitrogens with zero attached hydrogens (tertiary/aromatic N) is 3. The molecule has 0 radical (unpaired) electrons. The fourth-order valence-electron chi connectivity index (χ4n) is 3.91. The minimum Gasteiger partial charge on any atom is -0.378 e. The lowest BCUT2D eigenvalue weighted by Crippen LogP contribution is -2.59. The van der Waals surface area contributed by atoms with E-state index in [1.807, 2.05) is 0 Å². The van der Waals surface area contributed by atoms with Crippen molar-refractivity contribution in [1.29, 1.82) is 0 Å². The number of alkyl halides is 3. The van der Waals surface area contributed by atoms with Crippen molar-refractivity contribution in [2.75, 3.05) is 18.5 Å². The number of aromatic nitrogens is 3. The van der Waals surface area contributed by atoms with Crippen LogP contribution in [0.3, 0.4) is 0 Å². The van der Waals surface area contributed by atoms with E-state index in [1.165, 1.54) is 31.0 Å². The summed E-state index contributed by atoms with van der Waals surface area (Å²) in [6.07, 6.45) is 1.15. The number of benzene rings is 1. The molecule has 3 N–H and O–H groups in total. The smallest absolute Gasteiger partial charge is 0.378 e. The molecule has 1 aromatic carbocycles. The third-order valence-electron chi connectivity index (χ3n) is 5.97. The molecule has 0 saturated carbocycles. The molecular weight excluding hydrogens is 488 g/mol. The first kappa shape index (κ1) is 26.1. The van der Waals surface area contributed by atoms with Crippen LogP contribution in [0.15, 0.2) is 55.2 Å². The van der Waals surface area contributed by atoms with Gasteiger partial charge in [-0.05, 0) is 25.1 Å². The summed E-state index contributed by atoms with van der Waals surface area (Å²) in [5.74, 6) is -0.946. The molecule has 0 spiro atoms. The summed E-state index contributed by atoms with van der Waals surface area (Å²) in [4.78, 5) is 37.8. The SMILES string of the molecule is Bc1ccc(Nc2ccc(C(C)NC(=O)[C@]3(NC(=O)c4cncnc4)CCOC3)nc2)c(C(F)(F)F)c1. The lowest BCUT2D eigenvalue weighted by atomic mass is 9.93. The maximum absolute atomic E-state index is 13.4. The summed E-state index contributed by atoms with van der Waals surface area (Å²) in [6.45, 7) is 2.01. The van der Waals surface area contributed by atoms with E-state index in [2.05, 4.69) is 30.9 Å². The molecule has 0 aliphatic carbocycles. The van der Waals surface area contributed by atoms with Crippen LogP contribution in [0.2, 0.25) is 0 Å². The summed E-state index contributed by atoms with van der Waals surface area (Å²) >= 11 is 0. The highest BCUT2D eigenvalue weighted by molar-refractivity contribution is 6.32. The van der Waals surface area contributed by atoms with Crippen LogP contribution >= 0.6 is 0 Å². The van der Waals surface area contributed by atoms with Gasteiger partial charge in [-0.15, -0.1) is 0 Å². The highest BCUT2D eigenvalue weighted by Gasteiger charge is 2.44. The van der Waals surface area contributed by atoms with Crippen LogP contribution in [0, 0.1) is 0 Å². The van der Waals surface area contributed by atoms with Gasteiger partial charge >= 0.3 is 6.18 Å². The van der Waals surface area contributed by atoms with E-state index in [4.69, 9.17) is 4.74 Å². The molecule has 9 nitrogen and oxygen atoms in total. The molecule has 1 saturated heterocycles. The van der Waals surface area contributed by atoms with E-state index >= 15 is 0 Å². The van der Waals surface area contributed by atoms with Gasteiger partial charge < -0.3 is 20.7 Å². The molecular formula is C24H24BF3N6O3. The van der Waals surface area contributed by atoms with Crippen LogP contribution in [0.25, 0.3) is 0 Å². The third-order valence-corrected chi connectivity index (χ3v) is 5.97. The van der Waals surface area contributed by atoms with Gasteiger partial charge in [0.05, 0.1) is 47.0 Å². The zero-order valence-corrected chi connectivity index (χ0v) is 20.1. The predicted octanol–water partition coefficient (Wildman–Crippen LogP) is 1.66. The molecule has 3 aromatic rings. The Kier molecular flexibility index (Phi) is 7.44. The molecule has 13 heteroatoms. The Morgan fingerprint density at radius 2 is 1.89 bits per heavy atom. The van der Waals surface area contributed by atoms with E-state index in [1.54, 1.807) is 33.0 Å². The highest BCUT2D eigenvalue weighted by atomic mass is 19.4. The predicted molar refractivity (Wildman–Crippen MR) is 131 cm³/mol. The Balaban J connectivity index is 1.44. The molecule has 3 heterocycles. The van der Waals surface area contributed by atoms with Crippen LogP contribution in [0.1, 0.15) is 41.0 Å². The first-order valence-electron chi connectivity index (χ1n) is 11.4. The van der Waals surface area contributed by atoms with Gasteiger partial charge in [-0.3, -0.25) is 14.6 Å². The van der Waals surface area contributed by atoms with Gasteiger partial charge in [-0.2, -0.15) is 13.2 Å². The normalized spacial score (nSPS) is 18.2. The van der Waals surface area contributed by atoms with Crippen LogP contribution in [0.5, 0.6) is 0 Å². The maximum atomic E-state index is 13.4. The Morgan fingerprint density at radius 1 is 1.14 bits per heavy atom. The minimum absolute atomic E-state index is 0.000636. The van der Waals surface area contributed by atoms with E-state index in [0.717, 1.165) is 6.07 Å². The van der Waals surface area contributed by atoms with Crippen molar-refractivity contribution in [3.63, 3.8) is 0 Å². The lowest BCUT2D eigenvalue weighted by molar-refractivity contribution is -0.136. The Morgan fingerprint density at radius 3 is 2.51 bits per heavy atom. The monoisotopic (exact) mass is 512 g/mol. The highest BCUT2D eigenvalue weighted by Crippen LogP contribution is 2.35. The number of carbonyl (C=O) groups excluding carboxylic acids is 2. The van der Waals surface area contributed by atoms with E-state index in [0.29, 0.717) is 23.5 Å². The second kappa shape index (κ2) is 10.5. The van der Waals surface area contributed by atoms with Gasteiger partial charge in [-0.25, -0.2) is 9.97 Å². The van der Waals surface area contributed by atoms with Crippen molar-refractivity contribution in [3.05, 3.63) is 72.1 Å². The number of pyridine rings is 1. The van der Waals surface area contributed by atoms with E-state index < -0.39 is 35.1 Å². The lowest BCUT2D eigenvalue weighted by Gasteiger charge is -2.29. The van der Waals surface area contributed by atoms with Crippen LogP contribution in [0.4, 0.5) is 24.5 Å². The molecule has 1 unspecified atom stereocenters. The number of rotatable bonds is 7. The van der Waals surface area contributed by atoms with E-state index in [-0.39, 0.29) is 24.3 Å². The van der Waals surface area contributed by atoms with Gasteiger partial charge in [0, 0.05) is 25.4 Å². The first-order chi connectivity index (χ1) is 17.6. The van der Waals surface area contributed by atoms with Crippen LogP contribution < -0.4 is 21.4 Å². The number of halogens is 3. The van der Waals surface area contributed by atoms with Crippen molar-refractivity contribution in [2.45, 2.75) is 31.1 Å². The molecule has 1 aliphatic rings. The van der Waals surface area contributed by atoms with Gasteiger partial charge in [0.1, 0.15) is 19.7 Å². The molecule has 4 rings (SSSR count). The fourth-order valence-corrected chi connectivity index (χ4v) is 3.91. The summed E-state index contributed by atoms with van der Waals surface area (Å²) in [7, 11) is 1.59. The number of anilines is 2. The van der Waals surface area contributed by atoms with Crippen molar-refractivity contribution in [1.82, 2.24) is 25.6 Å². The molecule has 192 valence electrons. The number of carbonyl (C=O) groups is 2. The van der Waals surface area contributed by atoms with Crippen molar-refractivity contribution in [2.24, 2.45) is 0 Å². The van der Waals surface area contributed by atoms with Crippen molar-refractivity contribution in [3.8, 4) is 0 Å². The second-order valence-corrected chi connectivity index (χ2v) is 8.80. The number of ether oxygens (including phenoxy) is 1. The molecule has 2 aromatic heterocycles. The fraction of sp³-hybridized carbons (Fsp3) is 0.292. The van der Waals surface area contributed by atoms with Gasteiger partial charge in [0.25, 0.3) is 5.91 Å². The number of amides is 2. The van der Waals surface area contributed by atoms with E-state index in [9.17, 15) is 22.8 Å². The van der Waals surface area contributed by atoms with Crippen LogP contribution in [-0.2, 0) is 15.7 Å². The zero-order chi connectivity index (χ0) is 26.6. The number of hydrogen-bond donors (Lipinski definition) is 3. The molecule has 2 atom stereocenters. The largest absolute Gasteiger partial charge is 0.418 e. The average Bonchev–Trinajstić information content (AvgIpc) is 3.35. The molecule has 2 amide bonds. The quantitative estimate of drug-likeness (QED) is 0.413. The molecule has 37 heavy (non-hydrogen) atoms. The van der Waals surface area contributed by atoms with Crippen molar-refractivity contribution >= 4 is 36.5 Å². The Labute approximate surface area is 211 Å². The number of hydrogen-bond acceptors (Lipinski definition) is 7. The van der Waals surface area contributed by atoms with Gasteiger partial charge in [-0.1, -0.05) is 17.6 Å². The first-order valence-corrected chi connectivity index (χ1v) is 11.4. The standard InChI is InChI=1S/C24H24BF3N6O3/c1-14(32-22(36)23(6-7-37-12-23)34-21(35)15-9-29-13-30-10-15)19-5-3-17(11-31-19)33-20-4-2-16(25)8-18(20)24(26,27)28/h2-5,8-11,13-14,33H,6-7,12,25H2,1H3,(H,32,36)(H,34,35)/t14?,23-/m0/s1. The van der Waals surface area contributed by atoms with Crippen molar-refractivity contribution < 1.29 is 27.5 Å². The number of nitrogens with one attached hydrogen (secondary N) is 3. The van der Waals surface area contributed by atoms with Gasteiger partial charge in [0.15, 0.2) is 0 Å². The summed E-state index contributed by atoms with van der Waals surface area (Å²) in [5, 5.41) is 8.35. The minimum atomic E-state index is -4.51. The van der Waals surface area contributed by atoms with Crippen LogP contribution in [-0.4, -0.2) is 53.4 Å². The maximum Gasteiger partial charge on any atom is 0.418 e. The Hall–Kier alpha value is -4.00.